The van der Waals surface area contributed by atoms with Crippen molar-refractivity contribution in [2.45, 2.75) is 37.1 Å². The van der Waals surface area contributed by atoms with Gasteiger partial charge in [0.2, 0.25) is 16.6 Å². The molecular weight excluding hydrogens is 374 g/mol. The highest BCUT2D eigenvalue weighted by atomic mass is 32.2. The van der Waals surface area contributed by atoms with Gasteiger partial charge in [-0.2, -0.15) is 8.87 Å². The molecule has 0 saturated carbocycles. The van der Waals surface area contributed by atoms with Crippen LogP contribution in [0.25, 0.3) is 0 Å². The maximum atomic E-state index is 12.7. The second-order valence-electron chi connectivity index (χ2n) is 7.47. The van der Waals surface area contributed by atoms with Crippen LogP contribution >= 0.6 is 0 Å². The zero-order chi connectivity index (χ0) is 19.6. The lowest BCUT2D eigenvalue weighted by Gasteiger charge is -2.33. The molecule has 1 saturated heterocycles. The van der Waals surface area contributed by atoms with Crippen molar-refractivity contribution >= 4 is 15.9 Å². The van der Waals surface area contributed by atoms with Gasteiger partial charge in [0, 0.05) is 37.8 Å². The van der Waals surface area contributed by atoms with E-state index in [-0.39, 0.29) is 5.91 Å². The van der Waals surface area contributed by atoms with Crippen LogP contribution in [0, 0.1) is 0 Å². The average Bonchev–Trinajstić information content (AvgIpc) is 2.74. The number of hydrogen-bond acceptors (Lipinski definition) is 3. The first kappa shape index (κ1) is 19.1. The van der Waals surface area contributed by atoms with E-state index in [9.17, 15) is 13.2 Å². The van der Waals surface area contributed by atoms with Gasteiger partial charge in [0.15, 0.2) is 12.4 Å². The molecular formula is C21H26N3O3S+. The van der Waals surface area contributed by atoms with Crippen LogP contribution in [0.15, 0.2) is 53.7 Å². The number of fused-ring (bicyclic) bond motifs is 1. The van der Waals surface area contributed by atoms with Crippen molar-refractivity contribution in [3.63, 3.8) is 0 Å². The van der Waals surface area contributed by atoms with Crippen LogP contribution in [0.5, 0.6) is 0 Å². The fraction of sp³-hybridized carbons (Fsp3) is 0.429. The van der Waals surface area contributed by atoms with E-state index >= 15 is 0 Å². The Bertz CT molecular complexity index is 952. The van der Waals surface area contributed by atoms with Crippen molar-refractivity contribution in [2.24, 2.45) is 0 Å². The van der Waals surface area contributed by atoms with Crippen LogP contribution in [0.3, 0.4) is 0 Å². The van der Waals surface area contributed by atoms with Crippen molar-refractivity contribution in [3.8, 4) is 0 Å². The van der Waals surface area contributed by atoms with Gasteiger partial charge in [0.25, 0.3) is 5.91 Å². The molecule has 4 rings (SSSR count). The van der Waals surface area contributed by atoms with Crippen LogP contribution in [0.4, 0.5) is 0 Å². The quantitative estimate of drug-likeness (QED) is 0.729. The Morgan fingerprint density at radius 1 is 0.929 bits per heavy atom. The zero-order valence-electron chi connectivity index (χ0n) is 16.0. The van der Waals surface area contributed by atoms with Crippen LogP contribution in [-0.2, 0) is 34.2 Å². The number of piperazine rings is 1. The predicted octanol–water partition coefficient (Wildman–Crippen LogP) is 1.39. The molecule has 1 aliphatic carbocycles. The number of aryl methyl sites for hydroxylation is 2. The van der Waals surface area contributed by atoms with Gasteiger partial charge in [-0.25, -0.2) is 8.42 Å². The van der Waals surface area contributed by atoms with Gasteiger partial charge < -0.3 is 4.90 Å². The summed E-state index contributed by atoms with van der Waals surface area (Å²) in [7, 11) is -3.49. The molecule has 6 nitrogen and oxygen atoms in total. The molecule has 7 heteroatoms. The highest BCUT2D eigenvalue weighted by molar-refractivity contribution is 7.89. The summed E-state index contributed by atoms with van der Waals surface area (Å²) in [6, 6.07) is 10.6. The second kappa shape index (κ2) is 8.01. The van der Waals surface area contributed by atoms with Crippen molar-refractivity contribution in [3.05, 3.63) is 59.9 Å². The normalized spacial score (nSPS) is 17.9. The fourth-order valence-electron chi connectivity index (χ4n) is 3.99. The van der Waals surface area contributed by atoms with Crippen LogP contribution < -0.4 is 4.57 Å². The molecule has 0 bridgehead atoms. The van der Waals surface area contributed by atoms with Gasteiger partial charge in [0.05, 0.1) is 4.90 Å². The van der Waals surface area contributed by atoms with Crippen LogP contribution in [-0.4, -0.2) is 49.7 Å². The molecule has 2 aromatic rings. The minimum atomic E-state index is -3.49. The second-order valence-corrected chi connectivity index (χ2v) is 9.41. The third kappa shape index (κ3) is 3.95. The lowest BCUT2D eigenvalue weighted by atomic mass is 9.93. The summed E-state index contributed by atoms with van der Waals surface area (Å²) in [6.45, 7) is 1.82. The van der Waals surface area contributed by atoms with E-state index in [0.717, 1.165) is 12.8 Å². The highest BCUT2D eigenvalue weighted by Gasteiger charge is 2.31. The number of rotatable bonds is 4. The van der Waals surface area contributed by atoms with Crippen molar-refractivity contribution in [1.29, 1.82) is 0 Å². The average molecular weight is 401 g/mol. The molecule has 0 spiro atoms. The Hall–Kier alpha value is -2.25. The highest BCUT2D eigenvalue weighted by Crippen LogP contribution is 2.19. The number of nitrogens with zero attached hydrogens (tertiary/aromatic N) is 3. The first-order valence-electron chi connectivity index (χ1n) is 9.88. The standard InChI is InChI=1S/C21H26N3O3S/c25-21(17-22-11-10-18-6-4-5-7-19(18)16-22)23-12-14-24(15-13-23)28(26,27)20-8-2-1-3-9-20/h1-3,8-11,16H,4-7,12-15,17H2/q+1. The molecule has 1 fully saturated rings. The molecule has 1 aromatic heterocycles. The maximum Gasteiger partial charge on any atom is 0.288 e. The summed E-state index contributed by atoms with van der Waals surface area (Å²) in [5.41, 5.74) is 2.75. The van der Waals surface area contributed by atoms with Gasteiger partial charge in [-0.15, -0.1) is 0 Å². The number of sulfonamides is 1. The molecule has 28 heavy (non-hydrogen) atoms. The Labute approximate surface area is 166 Å². The molecule has 0 unspecified atom stereocenters. The first-order valence-corrected chi connectivity index (χ1v) is 11.3. The van der Waals surface area contributed by atoms with Gasteiger partial charge in [-0.05, 0) is 43.4 Å². The summed E-state index contributed by atoms with van der Waals surface area (Å²) >= 11 is 0. The number of pyridine rings is 1. The lowest BCUT2D eigenvalue weighted by molar-refractivity contribution is -0.685. The smallest absolute Gasteiger partial charge is 0.288 e. The van der Waals surface area contributed by atoms with E-state index in [4.69, 9.17) is 0 Å². The topological polar surface area (TPSA) is 61.6 Å². The van der Waals surface area contributed by atoms with Crippen molar-refractivity contribution in [2.75, 3.05) is 26.2 Å². The minimum Gasteiger partial charge on any atom is -0.335 e. The predicted molar refractivity (Wildman–Crippen MR) is 105 cm³/mol. The SMILES string of the molecule is O=C(C[n+]1ccc2c(c1)CCCC2)N1CCN(S(=O)(=O)c2ccccc2)CC1. The van der Waals surface area contributed by atoms with Gasteiger partial charge in [-0.1, -0.05) is 18.2 Å². The molecule has 1 amide bonds. The van der Waals surface area contributed by atoms with E-state index in [0.29, 0.717) is 37.6 Å². The first-order chi connectivity index (χ1) is 13.5. The molecule has 1 aliphatic heterocycles. The summed E-state index contributed by atoms with van der Waals surface area (Å²) < 4.78 is 28.8. The summed E-state index contributed by atoms with van der Waals surface area (Å²) in [4.78, 5) is 14.8. The third-order valence-corrected chi connectivity index (χ3v) is 7.55. The van der Waals surface area contributed by atoms with Gasteiger partial charge in [0.1, 0.15) is 0 Å². The third-order valence-electron chi connectivity index (χ3n) is 5.63. The largest absolute Gasteiger partial charge is 0.335 e. The Balaban J connectivity index is 1.37. The summed E-state index contributed by atoms with van der Waals surface area (Å²) in [6.07, 6.45) is 8.75. The zero-order valence-corrected chi connectivity index (χ0v) is 16.8. The van der Waals surface area contributed by atoms with E-state index in [2.05, 4.69) is 12.3 Å². The number of benzene rings is 1. The Morgan fingerprint density at radius 3 is 2.32 bits per heavy atom. The Kier molecular flexibility index (Phi) is 5.46. The van der Waals surface area contributed by atoms with Gasteiger partial charge in [-0.3, -0.25) is 4.79 Å². The van der Waals surface area contributed by atoms with E-state index in [1.165, 1.54) is 28.3 Å². The van der Waals surface area contributed by atoms with E-state index < -0.39 is 10.0 Å². The molecule has 2 aliphatic rings. The van der Waals surface area contributed by atoms with Crippen LogP contribution in [0.2, 0.25) is 0 Å². The van der Waals surface area contributed by atoms with Crippen molar-refractivity contribution in [1.82, 2.24) is 9.21 Å². The number of aromatic nitrogens is 1. The molecule has 0 radical (unpaired) electrons. The molecule has 148 valence electrons. The number of carbonyl (C=O) groups is 1. The molecule has 2 heterocycles. The number of amides is 1. The monoisotopic (exact) mass is 400 g/mol. The minimum absolute atomic E-state index is 0.0394. The maximum absolute atomic E-state index is 12.7. The molecule has 0 atom stereocenters. The Morgan fingerprint density at radius 2 is 1.61 bits per heavy atom. The lowest BCUT2D eigenvalue weighted by Crippen LogP contribution is -2.53. The number of hydrogen-bond donors (Lipinski definition) is 0. The van der Waals surface area contributed by atoms with Crippen LogP contribution in [0.1, 0.15) is 24.0 Å². The van der Waals surface area contributed by atoms with E-state index in [1.807, 2.05) is 10.8 Å². The number of carbonyl (C=O) groups excluding carboxylic acids is 1. The summed E-state index contributed by atoms with van der Waals surface area (Å²) in [5.74, 6) is 0.0394. The fourth-order valence-corrected chi connectivity index (χ4v) is 5.44. The molecule has 0 N–H and O–H groups in total. The van der Waals surface area contributed by atoms with E-state index in [1.54, 1.807) is 35.2 Å². The summed E-state index contributed by atoms with van der Waals surface area (Å²) in [5, 5.41) is 0. The van der Waals surface area contributed by atoms with Gasteiger partial charge >= 0.3 is 0 Å². The van der Waals surface area contributed by atoms with Crippen molar-refractivity contribution < 1.29 is 17.8 Å². The molecule has 1 aromatic carbocycles.